The van der Waals surface area contributed by atoms with Crippen molar-refractivity contribution in [1.82, 2.24) is 9.97 Å². The highest BCUT2D eigenvalue weighted by atomic mass is 19.1. The van der Waals surface area contributed by atoms with Crippen LogP contribution in [0.1, 0.15) is 0 Å². The van der Waals surface area contributed by atoms with E-state index in [4.69, 9.17) is 4.42 Å². The third-order valence-electron chi connectivity index (χ3n) is 2.64. The zero-order chi connectivity index (χ0) is 12.4. The molecule has 88 valence electrons. The molecule has 0 N–H and O–H groups in total. The quantitative estimate of drug-likeness (QED) is 0.643. The number of hydrogen-bond acceptors (Lipinski definition) is 3. The topological polar surface area (TPSA) is 38.9 Å². The van der Waals surface area contributed by atoms with Crippen molar-refractivity contribution in [2.75, 3.05) is 0 Å². The molecule has 0 fully saturated rings. The first-order valence-electron chi connectivity index (χ1n) is 5.43. The summed E-state index contributed by atoms with van der Waals surface area (Å²) in [7, 11) is 0. The minimum absolute atomic E-state index is 0.496. The molecule has 0 aromatic carbocycles. The standard InChI is InChI=1S/C14H9FN2O/c15-14-2-1-11(8-17-14)13-7-10(3-5-16-13)12-4-6-18-9-12/h1-9H. The van der Waals surface area contributed by atoms with Crippen molar-refractivity contribution in [3.8, 4) is 22.4 Å². The van der Waals surface area contributed by atoms with Crippen LogP contribution >= 0.6 is 0 Å². The van der Waals surface area contributed by atoms with E-state index < -0.39 is 5.95 Å². The molecule has 0 aliphatic rings. The maximum atomic E-state index is 12.8. The highest BCUT2D eigenvalue weighted by Gasteiger charge is 2.04. The van der Waals surface area contributed by atoms with Gasteiger partial charge in [-0.15, -0.1) is 0 Å². The lowest BCUT2D eigenvalue weighted by atomic mass is 10.1. The lowest BCUT2D eigenvalue weighted by Crippen LogP contribution is -1.87. The number of halogens is 1. The monoisotopic (exact) mass is 240 g/mol. The molecular weight excluding hydrogens is 231 g/mol. The highest BCUT2D eigenvalue weighted by molar-refractivity contribution is 5.69. The SMILES string of the molecule is Fc1ccc(-c2cc(-c3ccoc3)ccn2)cn1. The van der Waals surface area contributed by atoms with Gasteiger partial charge in [-0.05, 0) is 35.9 Å². The second kappa shape index (κ2) is 4.41. The Bertz CT molecular complexity index is 648. The molecule has 0 aliphatic heterocycles. The summed E-state index contributed by atoms with van der Waals surface area (Å²) in [5, 5.41) is 0. The fourth-order valence-electron chi connectivity index (χ4n) is 1.72. The van der Waals surface area contributed by atoms with Crippen molar-refractivity contribution in [2.24, 2.45) is 0 Å². The normalized spacial score (nSPS) is 10.5. The highest BCUT2D eigenvalue weighted by Crippen LogP contribution is 2.24. The van der Waals surface area contributed by atoms with Crippen molar-refractivity contribution >= 4 is 0 Å². The molecule has 3 rings (SSSR count). The summed E-state index contributed by atoms with van der Waals surface area (Å²) in [5.74, 6) is -0.496. The van der Waals surface area contributed by atoms with Gasteiger partial charge in [-0.2, -0.15) is 4.39 Å². The van der Waals surface area contributed by atoms with Crippen molar-refractivity contribution in [3.63, 3.8) is 0 Å². The van der Waals surface area contributed by atoms with Crippen LogP contribution in [0.3, 0.4) is 0 Å². The minimum Gasteiger partial charge on any atom is -0.472 e. The van der Waals surface area contributed by atoms with Crippen LogP contribution in [0.4, 0.5) is 4.39 Å². The van der Waals surface area contributed by atoms with Gasteiger partial charge in [0.2, 0.25) is 5.95 Å². The van der Waals surface area contributed by atoms with Gasteiger partial charge in [-0.1, -0.05) is 0 Å². The summed E-state index contributed by atoms with van der Waals surface area (Å²) in [4.78, 5) is 7.88. The van der Waals surface area contributed by atoms with Crippen molar-refractivity contribution in [3.05, 3.63) is 61.2 Å². The van der Waals surface area contributed by atoms with Crippen LogP contribution in [-0.2, 0) is 0 Å². The molecule has 0 saturated carbocycles. The Morgan fingerprint density at radius 3 is 2.61 bits per heavy atom. The van der Waals surface area contributed by atoms with Crippen LogP contribution in [-0.4, -0.2) is 9.97 Å². The number of hydrogen-bond donors (Lipinski definition) is 0. The molecule has 0 saturated heterocycles. The van der Waals surface area contributed by atoms with Gasteiger partial charge in [0.1, 0.15) is 0 Å². The van der Waals surface area contributed by atoms with Crippen molar-refractivity contribution in [1.29, 1.82) is 0 Å². The summed E-state index contributed by atoms with van der Waals surface area (Å²) < 4.78 is 17.8. The average molecular weight is 240 g/mol. The summed E-state index contributed by atoms with van der Waals surface area (Å²) in [6.07, 6.45) is 6.47. The van der Waals surface area contributed by atoms with Crippen LogP contribution in [0.25, 0.3) is 22.4 Å². The third kappa shape index (κ3) is 2.00. The number of aromatic nitrogens is 2. The van der Waals surface area contributed by atoms with Crippen LogP contribution in [0, 0.1) is 5.95 Å². The Kier molecular flexibility index (Phi) is 2.61. The number of nitrogens with zero attached hydrogens (tertiary/aromatic N) is 2. The first kappa shape index (κ1) is 10.7. The minimum atomic E-state index is -0.496. The van der Waals surface area contributed by atoms with E-state index in [0.717, 1.165) is 22.4 Å². The summed E-state index contributed by atoms with van der Waals surface area (Å²) in [6.45, 7) is 0. The zero-order valence-corrected chi connectivity index (χ0v) is 9.38. The van der Waals surface area contributed by atoms with E-state index in [9.17, 15) is 4.39 Å². The van der Waals surface area contributed by atoms with Gasteiger partial charge in [0.25, 0.3) is 0 Å². The lowest BCUT2D eigenvalue weighted by molar-refractivity contribution is 0.568. The van der Waals surface area contributed by atoms with E-state index in [0.29, 0.717) is 0 Å². The summed E-state index contributed by atoms with van der Waals surface area (Å²) in [6, 6.07) is 8.67. The van der Waals surface area contributed by atoms with E-state index in [2.05, 4.69) is 9.97 Å². The smallest absolute Gasteiger partial charge is 0.212 e. The zero-order valence-electron chi connectivity index (χ0n) is 9.38. The van der Waals surface area contributed by atoms with Crippen LogP contribution in [0.5, 0.6) is 0 Å². The number of pyridine rings is 2. The molecule has 3 aromatic rings. The first-order valence-corrected chi connectivity index (χ1v) is 5.43. The Morgan fingerprint density at radius 2 is 1.89 bits per heavy atom. The Balaban J connectivity index is 2.03. The largest absolute Gasteiger partial charge is 0.472 e. The molecule has 0 radical (unpaired) electrons. The summed E-state index contributed by atoms with van der Waals surface area (Å²) >= 11 is 0. The molecule has 3 nitrogen and oxygen atoms in total. The lowest BCUT2D eigenvalue weighted by Gasteiger charge is -2.02. The number of rotatable bonds is 2. The molecule has 0 atom stereocenters. The van der Waals surface area contributed by atoms with Gasteiger partial charge in [0.15, 0.2) is 0 Å². The second-order valence-corrected chi connectivity index (χ2v) is 3.81. The van der Waals surface area contributed by atoms with Gasteiger partial charge in [0.05, 0.1) is 18.2 Å². The van der Waals surface area contributed by atoms with E-state index in [1.807, 2.05) is 18.2 Å². The van der Waals surface area contributed by atoms with E-state index >= 15 is 0 Å². The Morgan fingerprint density at radius 1 is 0.944 bits per heavy atom. The fraction of sp³-hybridized carbons (Fsp3) is 0. The second-order valence-electron chi connectivity index (χ2n) is 3.81. The van der Waals surface area contributed by atoms with Gasteiger partial charge >= 0.3 is 0 Å². The molecule has 0 unspecified atom stereocenters. The van der Waals surface area contributed by atoms with Gasteiger partial charge in [0, 0.05) is 23.5 Å². The molecular formula is C14H9FN2O. The van der Waals surface area contributed by atoms with E-state index in [1.165, 1.54) is 12.3 Å². The molecule has 0 spiro atoms. The van der Waals surface area contributed by atoms with Gasteiger partial charge in [-0.25, -0.2) is 4.98 Å². The first-order chi connectivity index (χ1) is 8.83. The van der Waals surface area contributed by atoms with E-state index in [1.54, 1.807) is 24.8 Å². The predicted octanol–water partition coefficient (Wildman–Crippen LogP) is 3.54. The predicted molar refractivity (Wildman–Crippen MR) is 65.1 cm³/mol. The molecule has 3 heterocycles. The van der Waals surface area contributed by atoms with Crippen LogP contribution in [0.2, 0.25) is 0 Å². The van der Waals surface area contributed by atoms with Crippen molar-refractivity contribution < 1.29 is 8.81 Å². The Hall–Kier alpha value is -2.49. The molecule has 0 bridgehead atoms. The molecule has 3 aromatic heterocycles. The van der Waals surface area contributed by atoms with Crippen LogP contribution in [0.15, 0.2) is 59.7 Å². The Labute approximate surface area is 103 Å². The summed E-state index contributed by atoms with van der Waals surface area (Å²) in [5.41, 5.74) is 3.51. The van der Waals surface area contributed by atoms with Gasteiger partial charge < -0.3 is 4.42 Å². The van der Waals surface area contributed by atoms with Gasteiger partial charge in [-0.3, -0.25) is 4.98 Å². The fourth-order valence-corrected chi connectivity index (χ4v) is 1.72. The van der Waals surface area contributed by atoms with E-state index in [-0.39, 0.29) is 0 Å². The third-order valence-corrected chi connectivity index (χ3v) is 2.64. The maximum Gasteiger partial charge on any atom is 0.212 e. The molecule has 0 aliphatic carbocycles. The van der Waals surface area contributed by atoms with Crippen LogP contribution < -0.4 is 0 Å². The molecule has 4 heteroatoms. The number of furan rings is 1. The molecule has 18 heavy (non-hydrogen) atoms. The maximum absolute atomic E-state index is 12.8. The van der Waals surface area contributed by atoms with Crippen molar-refractivity contribution in [2.45, 2.75) is 0 Å². The molecule has 0 amide bonds. The average Bonchev–Trinajstić information content (AvgIpc) is 2.94.